The predicted octanol–water partition coefficient (Wildman–Crippen LogP) is 5.61. The lowest BCUT2D eigenvalue weighted by Gasteiger charge is -2.11. The Morgan fingerprint density at radius 2 is 2.12 bits per heavy atom. The van der Waals surface area contributed by atoms with Crippen molar-refractivity contribution in [1.82, 2.24) is 0 Å². The Bertz CT molecular complexity index is 894. The van der Waals surface area contributed by atoms with E-state index in [1.54, 1.807) is 6.08 Å². The van der Waals surface area contributed by atoms with Crippen LogP contribution in [-0.2, 0) is 4.79 Å². The largest absolute Gasteiger partial charge is 0.492 e. The maximum Gasteiger partial charge on any atom is 0.266 e. The Labute approximate surface area is 175 Å². The van der Waals surface area contributed by atoms with Crippen molar-refractivity contribution in [3.63, 3.8) is 0 Å². The van der Waals surface area contributed by atoms with E-state index in [1.165, 1.54) is 0 Å². The minimum absolute atomic E-state index is 0.0396. The second kappa shape index (κ2) is 9.19. The second-order valence-electron chi connectivity index (χ2n) is 5.62. The standard InChI is InChI=1S/C20H18BrIN2O2/c1-4-26-19-16(21)9-14(10-17(19)22)8-15(11-23)20(25)24-18-7-5-6-12(2)13(18)3/h5-10H,4H2,1-3H3,(H,24,25)/b15-8+. The van der Waals surface area contributed by atoms with Crippen LogP contribution in [-0.4, -0.2) is 12.5 Å². The molecule has 2 rings (SSSR count). The van der Waals surface area contributed by atoms with Crippen molar-refractivity contribution < 1.29 is 9.53 Å². The number of carbonyl (C=O) groups excluding carboxylic acids is 1. The molecule has 0 aliphatic rings. The van der Waals surface area contributed by atoms with Crippen LogP contribution < -0.4 is 10.1 Å². The number of hydrogen-bond acceptors (Lipinski definition) is 3. The van der Waals surface area contributed by atoms with Crippen LogP contribution in [0, 0.1) is 28.7 Å². The number of carbonyl (C=O) groups is 1. The summed E-state index contributed by atoms with van der Waals surface area (Å²) < 4.78 is 7.27. The normalized spacial score (nSPS) is 11.0. The molecular weight excluding hydrogens is 507 g/mol. The number of nitriles is 1. The topological polar surface area (TPSA) is 62.1 Å². The van der Waals surface area contributed by atoms with Gasteiger partial charge in [0.25, 0.3) is 5.91 Å². The molecule has 4 nitrogen and oxygen atoms in total. The van der Waals surface area contributed by atoms with E-state index in [9.17, 15) is 10.1 Å². The van der Waals surface area contributed by atoms with Crippen LogP contribution in [0.3, 0.4) is 0 Å². The molecule has 1 N–H and O–H groups in total. The Morgan fingerprint density at radius 1 is 1.38 bits per heavy atom. The van der Waals surface area contributed by atoms with Crippen molar-refractivity contribution in [2.45, 2.75) is 20.8 Å². The predicted molar refractivity (Wildman–Crippen MR) is 116 cm³/mol. The lowest BCUT2D eigenvalue weighted by Crippen LogP contribution is -2.14. The molecular formula is C20H18BrIN2O2. The van der Waals surface area contributed by atoms with Crippen molar-refractivity contribution in [1.29, 1.82) is 5.26 Å². The molecule has 1 amide bonds. The van der Waals surface area contributed by atoms with E-state index in [4.69, 9.17) is 4.74 Å². The maximum absolute atomic E-state index is 12.5. The van der Waals surface area contributed by atoms with Gasteiger partial charge in [0, 0.05) is 5.69 Å². The zero-order chi connectivity index (χ0) is 19.3. The summed E-state index contributed by atoms with van der Waals surface area (Å²) in [6.07, 6.45) is 1.57. The fourth-order valence-electron chi connectivity index (χ4n) is 2.34. The minimum Gasteiger partial charge on any atom is -0.492 e. The van der Waals surface area contributed by atoms with Gasteiger partial charge < -0.3 is 10.1 Å². The van der Waals surface area contributed by atoms with Crippen LogP contribution in [0.5, 0.6) is 5.75 Å². The molecule has 0 radical (unpaired) electrons. The van der Waals surface area contributed by atoms with E-state index < -0.39 is 5.91 Å². The number of benzene rings is 2. The highest BCUT2D eigenvalue weighted by Crippen LogP contribution is 2.32. The third-order valence-electron chi connectivity index (χ3n) is 3.84. The van der Waals surface area contributed by atoms with Crippen molar-refractivity contribution in [2.24, 2.45) is 0 Å². The summed E-state index contributed by atoms with van der Waals surface area (Å²) in [5.74, 6) is 0.324. The van der Waals surface area contributed by atoms with Gasteiger partial charge in [0.1, 0.15) is 17.4 Å². The number of amides is 1. The SMILES string of the molecule is CCOc1c(Br)cc(/C=C(\C#N)C(=O)Nc2cccc(C)c2C)cc1I. The number of aryl methyl sites for hydroxylation is 1. The Morgan fingerprint density at radius 3 is 2.73 bits per heavy atom. The molecule has 6 heteroatoms. The van der Waals surface area contributed by atoms with Gasteiger partial charge in [0.2, 0.25) is 0 Å². The summed E-state index contributed by atoms with van der Waals surface area (Å²) in [6.45, 7) is 6.39. The molecule has 26 heavy (non-hydrogen) atoms. The number of nitrogens with one attached hydrogen (secondary N) is 1. The van der Waals surface area contributed by atoms with Gasteiger partial charge in [-0.25, -0.2) is 0 Å². The van der Waals surface area contributed by atoms with Crippen LogP contribution in [0.15, 0.2) is 40.4 Å². The molecule has 0 fully saturated rings. The first-order valence-electron chi connectivity index (χ1n) is 7.98. The monoisotopic (exact) mass is 524 g/mol. The summed E-state index contributed by atoms with van der Waals surface area (Å²) in [7, 11) is 0. The van der Waals surface area contributed by atoms with Crippen LogP contribution in [0.1, 0.15) is 23.6 Å². The molecule has 2 aromatic rings. The molecule has 0 atom stereocenters. The van der Waals surface area contributed by atoms with Crippen molar-refractivity contribution in [3.05, 3.63) is 60.6 Å². The summed E-state index contributed by atoms with van der Waals surface area (Å²) in [5.41, 5.74) is 3.56. The lowest BCUT2D eigenvalue weighted by molar-refractivity contribution is -0.112. The van der Waals surface area contributed by atoms with Crippen molar-refractivity contribution in [3.8, 4) is 11.8 Å². The summed E-state index contributed by atoms with van der Waals surface area (Å²) >= 11 is 5.65. The third-order valence-corrected chi connectivity index (χ3v) is 5.23. The van der Waals surface area contributed by atoms with Gasteiger partial charge in [-0.1, -0.05) is 12.1 Å². The molecule has 2 aromatic carbocycles. The second-order valence-corrected chi connectivity index (χ2v) is 7.63. The summed E-state index contributed by atoms with van der Waals surface area (Å²) in [4.78, 5) is 12.5. The van der Waals surface area contributed by atoms with E-state index in [1.807, 2.05) is 57.2 Å². The average Bonchev–Trinajstić information content (AvgIpc) is 2.60. The highest BCUT2D eigenvalue weighted by Gasteiger charge is 2.13. The van der Waals surface area contributed by atoms with E-state index >= 15 is 0 Å². The van der Waals surface area contributed by atoms with Crippen LogP contribution >= 0.6 is 38.5 Å². The van der Waals surface area contributed by atoms with E-state index in [2.05, 4.69) is 43.8 Å². The molecule has 0 heterocycles. The Hall–Kier alpha value is -1.85. The van der Waals surface area contributed by atoms with E-state index in [0.29, 0.717) is 12.3 Å². The lowest BCUT2D eigenvalue weighted by atomic mass is 10.1. The minimum atomic E-state index is -0.429. The molecule has 0 bridgehead atoms. The first-order chi connectivity index (χ1) is 12.4. The number of hydrogen-bond donors (Lipinski definition) is 1. The molecule has 134 valence electrons. The first kappa shape index (κ1) is 20.5. The molecule has 0 spiro atoms. The Balaban J connectivity index is 2.31. The van der Waals surface area contributed by atoms with Gasteiger partial charge in [0.15, 0.2) is 0 Å². The quantitative estimate of drug-likeness (QED) is 0.314. The molecule has 0 saturated carbocycles. The van der Waals surface area contributed by atoms with Crippen molar-refractivity contribution >= 4 is 56.2 Å². The van der Waals surface area contributed by atoms with Crippen LogP contribution in [0.2, 0.25) is 0 Å². The highest BCUT2D eigenvalue weighted by molar-refractivity contribution is 14.1. The summed E-state index contributed by atoms with van der Waals surface area (Å²) in [6, 6.07) is 11.4. The smallest absolute Gasteiger partial charge is 0.266 e. The van der Waals surface area contributed by atoms with Crippen molar-refractivity contribution in [2.75, 3.05) is 11.9 Å². The van der Waals surface area contributed by atoms with E-state index in [-0.39, 0.29) is 5.57 Å². The number of anilines is 1. The van der Waals surface area contributed by atoms with Gasteiger partial charge >= 0.3 is 0 Å². The zero-order valence-corrected chi connectivity index (χ0v) is 18.4. The van der Waals surface area contributed by atoms with Gasteiger partial charge in [-0.3, -0.25) is 4.79 Å². The number of halogens is 2. The van der Waals surface area contributed by atoms with E-state index in [0.717, 1.165) is 30.5 Å². The number of nitrogens with zero attached hydrogens (tertiary/aromatic N) is 1. The molecule has 0 saturated heterocycles. The van der Waals surface area contributed by atoms with Gasteiger partial charge in [0.05, 0.1) is 14.6 Å². The van der Waals surface area contributed by atoms with Gasteiger partial charge in [-0.2, -0.15) is 5.26 Å². The fraction of sp³-hybridized carbons (Fsp3) is 0.200. The van der Waals surface area contributed by atoms with Crippen LogP contribution in [0.4, 0.5) is 5.69 Å². The number of ether oxygens (including phenoxy) is 1. The zero-order valence-electron chi connectivity index (χ0n) is 14.7. The highest BCUT2D eigenvalue weighted by atomic mass is 127. The average molecular weight is 525 g/mol. The fourth-order valence-corrected chi connectivity index (χ4v) is 4.11. The molecule has 0 aromatic heterocycles. The molecule has 0 unspecified atom stereocenters. The van der Waals surface area contributed by atoms with Gasteiger partial charge in [-0.15, -0.1) is 0 Å². The Kier molecular flexibility index (Phi) is 7.23. The van der Waals surface area contributed by atoms with Crippen LogP contribution in [0.25, 0.3) is 6.08 Å². The molecule has 0 aliphatic carbocycles. The first-order valence-corrected chi connectivity index (χ1v) is 9.85. The van der Waals surface area contributed by atoms with Gasteiger partial charge in [-0.05, 0) is 100 Å². The maximum atomic E-state index is 12.5. The third kappa shape index (κ3) is 4.86. The number of rotatable bonds is 5. The summed E-state index contributed by atoms with van der Waals surface area (Å²) in [5, 5.41) is 12.2. The molecule has 0 aliphatic heterocycles.